The third-order valence-electron chi connectivity index (χ3n) is 7.00. The van der Waals surface area contributed by atoms with Crippen molar-refractivity contribution in [3.05, 3.63) is 81.5 Å². The highest BCUT2D eigenvalue weighted by Gasteiger charge is 2.50. The van der Waals surface area contributed by atoms with Crippen molar-refractivity contribution >= 4 is 52.1 Å². The predicted octanol–water partition coefficient (Wildman–Crippen LogP) is 4.73. The van der Waals surface area contributed by atoms with Crippen molar-refractivity contribution in [1.82, 2.24) is 5.32 Å². The van der Waals surface area contributed by atoms with Gasteiger partial charge in [0.25, 0.3) is 0 Å². The van der Waals surface area contributed by atoms with Gasteiger partial charge in [0.15, 0.2) is 5.78 Å². The van der Waals surface area contributed by atoms with Crippen LogP contribution in [-0.2, 0) is 19.9 Å². The van der Waals surface area contributed by atoms with E-state index in [9.17, 15) is 9.59 Å². The second-order valence-corrected chi connectivity index (χ2v) is 11.7. The molecule has 3 aliphatic rings. The molecule has 1 spiro atoms. The lowest BCUT2D eigenvalue weighted by molar-refractivity contribution is -0.132. The Balaban J connectivity index is 1.27. The summed E-state index contributed by atoms with van der Waals surface area (Å²) < 4.78 is 5.38. The number of amides is 1. The van der Waals surface area contributed by atoms with E-state index in [1.807, 2.05) is 47.2 Å². The molecule has 3 aliphatic heterocycles. The second-order valence-electron chi connectivity index (χ2n) is 9.37. The SMILES string of the molecule is O=C1CC(c2ccc(N3CC4(COC4)C3)cc2)(c2ccsc2)NC(=O)C1Sc1ccccc1Cl. The number of benzene rings is 2. The number of Topliss-reactive ketones (excluding diaryl/α,β-unsaturated/α-hetero) is 1. The van der Waals surface area contributed by atoms with Gasteiger partial charge < -0.3 is 15.0 Å². The van der Waals surface area contributed by atoms with Crippen molar-refractivity contribution in [2.75, 3.05) is 31.2 Å². The zero-order valence-electron chi connectivity index (χ0n) is 18.3. The molecule has 0 radical (unpaired) electrons. The van der Waals surface area contributed by atoms with E-state index in [4.69, 9.17) is 16.3 Å². The number of anilines is 1. The molecule has 2 unspecified atom stereocenters. The van der Waals surface area contributed by atoms with Crippen LogP contribution >= 0.6 is 34.7 Å². The molecule has 3 saturated heterocycles. The number of hydrogen-bond donors (Lipinski definition) is 1. The molecule has 3 aromatic rings. The third kappa shape index (κ3) is 3.66. The first-order chi connectivity index (χ1) is 16.5. The maximum Gasteiger partial charge on any atom is 0.242 e. The summed E-state index contributed by atoms with van der Waals surface area (Å²) in [5.41, 5.74) is 2.47. The minimum absolute atomic E-state index is 0.0985. The Hall–Kier alpha value is -2.32. The second kappa shape index (κ2) is 8.41. The summed E-state index contributed by atoms with van der Waals surface area (Å²) in [4.78, 5) is 29.8. The Kier molecular flexibility index (Phi) is 5.48. The van der Waals surface area contributed by atoms with Gasteiger partial charge in [-0.15, -0.1) is 11.8 Å². The summed E-state index contributed by atoms with van der Waals surface area (Å²) in [6.45, 7) is 3.73. The van der Waals surface area contributed by atoms with Crippen LogP contribution in [0.25, 0.3) is 0 Å². The van der Waals surface area contributed by atoms with Crippen molar-refractivity contribution < 1.29 is 14.3 Å². The first-order valence-electron chi connectivity index (χ1n) is 11.2. The number of ether oxygens (including phenoxy) is 1. The van der Waals surface area contributed by atoms with Gasteiger partial charge >= 0.3 is 0 Å². The maximum atomic E-state index is 13.4. The van der Waals surface area contributed by atoms with Crippen molar-refractivity contribution in [3.8, 4) is 0 Å². The highest BCUT2D eigenvalue weighted by molar-refractivity contribution is 8.01. The molecule has 6 rings (SSSR count). The number of hydrogen-bond acceptors (Lipinski definition) is 6. The molecule has 1 aromatic heterocycles. The summed E-state index contributed by atoms with van der Waals surface area (Å²) in [5, 5.41) is 6.94. The number of nitrogens with zero attached hydrogens (tertiary/aromatic N) is 1. The fourth-order valence-corrected chi connectivity index (χ4v) is 7.08. The van der Waals surface area contributed by atoms with Crippen molar-refractivity contribution in [2.24, 2.45) is 5.41 Å². The Bertz CT molecular complexity index is 1220. The number of thiophene rings is 1. The van der Waals surface area contributed by atoms with Gasteiger partial charge in [-0.05, 0) is 52.2 Å². The normalized spacial score (nSPS) is 25.6. The summed E-state index contributed by atoms with van der Waals surface area (Å²) in [6, 6.07) is 17.6. The summed E-state index contributed by atoms with van der Waals surface area (Å²) in [6.07, 6.45) is 0.196. The lowest BCUT2D eigenvalue weighted by atomic mass is 9.76. The van der Waals surface area contributed by atoms with Crippen LogP contribution in [0.5, 0.6) is 0 Å². The summed E-state index contributed by atoms with van der Waals surface area (Å²) in [7, 11) is 0. The van der Waals surface area contributed by atoms with E-state index in [1.165, 1.54) is 11.8 Å². The van der Waals surface area contributed by atoms with Crippen LogP contribution in [0.2, 0.25) is 5.02 Å². The highest BCUT2D eigenvalue weighted by atomic mass is 35.5. The first-order valence-corrected chi connectivity index (χ1v) is 13.4. The zero-order valence-corrected chi connectivity index (χ0v) is 20.7. The van der Waals surface area contributed by atoms with Gasteiger partial charge in [-0.2, -0.15) is 11.3 Å². The molecule has 34 heavy (non-hydrogen) atoms. The molecular formula is C26H23ClN2O3S2. The average Bonchev–Trinajstić information content (AvgIpc) is 3.31. The van der Waals surface area contributed by atoms with Crippen molar-refractivity contribution in [1.29, 1.82) is 0 Å². The minimum atomic E-state index is -0.873. The third-order valence-corrected chi connectivity index (χ3v) is 9.44. The molecule has 0 saturated carbocycles. The maximum absolute atomic E-state index is 13.4. The molecule has 2 atom stereocenters. The minimum Gasteiger partial charge on any atom is -0.380 e. The van der Waals surface area contributed by atoms with E-state index < -0.39 is 10.8 Å². The number of rotatable bonds is 5. The van der Waals surface area contributed by atoms with E-state index in [-0.39, 0.29) is 18.1 Å². The van der Waals surface area contributed by atoms with Gasteiger partial charge in [0, 0.05) is 30.1 Å². The first kappa shape index (κ1) is 22.2. The molecule has 174 valence electrons. The van der Waals surface area contributed by atoms with Crippen molar-refractivity contribution in [2.45, 2.75) is 22.1 Å². The molecule has 5 nitrogen and oxygen atoms in total. The molecule has 2 aromatic carbocycles. The largest absolute Gasteiger partial charge is 0.380 e. The van der Waals surface area contributed by atoms with Crippen LogP contribution in [-0.4, -0.2) is 43.2 Å². The number of thioether (sulfide) groups is 1. The van der Waals surface area contributed by atoms with Crippen LogP contribution in [0.3, 0.4) is 0 Å². The molecule has 4 heterocycles. The van der Waals surface area contributed by atoms with Gasteiger partial charge in [-0.25, -0.2) is 0 Å². The van der Waals surface area contributed by atoms with Crippen LogP contribution in [0.15, 0.2) is 70.3 Å². The quantitative estimate of drug-likeness (QED) is 0.503. The van der Waals surface area contributed by atoms with E-state index in [1.54, 1.807) is 17.4 Å². The zero-order chi connectivity index (χ0) is 23.3. The average molecular weight is 511 g/mol. The van der Waals surface area contributed by atoms with E-state index in [2.05, 4.69) is 22.3 Å². The van der Waals surface area contributed by atoms with Gasteiger partial charge in [-0.1, -0.05) is 35.9 Å². The standard InChI is InChI=1S/C26H23ClN2O3S2/c27-20-3-1-2-4-22(20)34-23-21(30)11-26(28-24(23)31,18-9-10-33-12-18)17-5-7-19(8-6-17)29-13-25(14-29)15-32-16-25/h1-10,12,23H,11,13-16H2,(H,28,31). The van der Waals surface area contributed by atoms with Crippen LogP contribution < -0.4 is 10.2 Å². The lowest BCUT2D eigenvalue weighted by Gasteiger charge is -2.56. The number of ketones is 1. The molecular weight excluding hydrogens is 488 g/mol. The Morgan fingerprint density at radius 1 is 1.03 bits per heavy atom. The Morgan fingerprint density at radius 2 is 1.79 bits per heavy atom. The number of carbonyl (C=O) groups excluding carboxylic acids is 2. The van der Waals surface area contributed by atoms with Crippen LogP contribution in [0.1, 0.15) is 17.5 Å². The highest BCUT2D eigenvalue weighted by Crippen LogP contribution is 2.43. The Labute approximate surface area is 211 Å². The molecule has 8 heteroatoms. The molecule has 0 aliphatic carbocycles. The van der Waals surface area contributed by atoms with Gasteiger partial charge in [0.05, 0.1) is 29.2 Å². The predicted molar refractivity (Wildman–Crippen MR) is 136 cm³/mol. The monoisotopic (exact) mass is 510 g/mol. The van der Waals surface area contributed by atoms with Gasteiger partial charge in [-0.3, -0.25) is 9.59 Å². The fourth-order valence-electron chi connectivity index (χ4n) is 5.11. The van der Waals surface area contributed by atoms with Crippen LogP contribution in [0, 0.1) is 5.41 Å². The lowest BCUT2D eigenvalue weighted by Crippen LogP contribution is -2.66. The molecule has 1 amide bonds. The molecule has 1 N–H and O–H groups in total. The van der Waals surface area contributed by atoms with Gasteiger partial charge in [0.2, 0.25) is 5.91 Å². The van der Waals surface area contributed by atoms with E-state index in [0.29, 0.717) is 10.4 Å². The fraction of sp³-hybridized carbons (Fsp3) is 0.308. The molecule has 3 fully saturated rings. The number of halogens is 1. The summed E-state index contributed by atoms with van der Waals surface area (Å²) in [5.74, 6) is -0.385. The number of piperidine rings is 1. The Morgan fingerprint density at radius 3 is 2.41 bits per heavy atom. The number of carbonyl (C=O) groups is 2. The number of nitrogens with one attached hydrogen (secondary N) is 1. The van der Waals surface area contributed by atoms with Crippen LogP contribution in [0.4, 0.5) is 5.69 Å². The molecule has 0 bridgehead atoms. The van der Waals surface area contributed by atoms with E-state index >= 15 is 0 Å². The van der Waals surface area contributed by atoms with E-state index in [0.717, 1.165) is 48.0 Å². The topological polar surface area (TPSA) is 58.6 Å². The smallest absolute Gasteiger partial charge is 0.242 e. The van der Waals surface area contributed by atoms with Crippen molar-refractivity contribution in [3.63, 3.8) is 0 Å². The summed E-state index contributed by atoms with van der Waals surface area (Å²) >= 11 is 9.06. The van der Waals surface area contributed by atoms with Gasteiger partial charge in [0.1, 0.15) is 5.25 Å².